The zero-order valence-corrected chi connectivity index (χ0v) is 5.87. The maximum Gasteiger partial charge on any atom is 4.00 e. The van der Waals surface area contributed by atoms with Crippen molar-refractivity contribution in [1.29, 1.82) is 0 Å². The van der Waals surface area contributed by atoms with Crippen molar-refractivity contribution in [2.24, 2.45) is 0 Å². The summed E-state index contributed by atoms with van der Waals surface area (Å²) in [7, 11) is 0. The third-order valence-electron chi connectivity index (χ3n) is 0.370. The van der Waals surface area contributed by atoms with Crippen molar-refractivity contribution in [3.8, 4) is 0 Å². The Kier molecular flexibility index (Phi) is 18.7. The van der Waals surface area contributed by atoms with E-state index in [0.717, 1.165) is 0 Å². The van der Waals surface area contributed by atoms with E-state index >= 15 is 0 Å². The minimum atomic E-state index is 0. The molecule has 0 N–H and O–H groups in total. The molecule has 1 aromatic rings. The molecule has 0 aliphatic carbocycles. The van der Waals surface area contributed by atoms with Crippen molar-refractivity contribution < 1.29 is 32.7 Å². The van der Waals surface area contributed by atoms with Crippen LogP contribution in [0.2, 0.25) is 0 Å². The summed E-state index contributed by atoms with van der Waals surface area (Å²) < 4.78 is 0. The van der Waals surface area contributed by atoms with E-state index in [1.807, 2.05) is 0 Å². The van der Waals surface area contributed by atoms with E-state index in [0.29, 0.717) is 0 Å². The fraction of sp³-hybridized carbons (Fsp3) is 0. The van der Waals surface area contributed by atoms with Gasteiger partial charge in [-0.2, -0.15) is 6.07 Å². The molecule has 1 heterocycles. The fourth-order valence-corrected chi connectivity index (χ4v) is 0.181. The normalized spacial score (nSPS) is 5.33. The van der Waals surface area contributed by atoms with Crippen LogP contribution in [0.15, 0.2) is 12.3 Å². The van der Waals surface area contributed by atoms with Gasteiger partial charge in [0.05, 0.1) is 0 Å². The second-order valence-electron chi connectivity index (χ2n) is 0.750. The summed E-state index contributed by atoms with van der Waals surface area (Å²) in [6.45, 7) is 0. The Bertz CT molecular complexity index is 89.0. The van der Waals surface area contributed by atoms with Gasteiger partial charge in [0.1, 0.15) is 0 Å². The Morgan fingerprint density at radius 3 is 2.00 bits per heavy atom. The van der Waals surface area contributed by atoms with Crippen LogP contribution in [-0.2, 0) is 32.7 Å². The van der Waals surface area contributed by atoms with E-state index in [2.05, 4.69) is 21.6 Å². The molecule has 0 atom stereocenters. The van der Waals surface area contributed by atoms with Crippen molar-refractivity contribution in [2.45, 2.75) is 0 Å². The summed E-state index contributed by atoms with van der Waals surface area (Å²) in [5.74, 6) is 0. The second-order valence-corrected chi connectivity index (χ2v) is 0.750. The van der Waals surface area contributed by atoms with Crippen LogP contribution >= 0.6 is 0 Å². The van der Waals surface area contributed by atoms with Crippen LogP contribution in [0.4, 0.5) is 0 Å². The molecule has 1 aromatic heterocycles. The van der Waals surface area contributed by atoms with E-state index in [-0.39, 0.29) is 32.7 Å². The van der Waals surface area contributed by atoms with E-state index in [1.165, 1.54) is 6.20 Å². The molecule has 0 aromatic carbocycles. The van der Waals surface area contributed by atoms with Gasteiger partial charge in [-0.15, -0.1) is 6.20 Å². The molecular formula is C3H2N3O2Ti-. The van der Waals surface area contributed by atoms with Crippen molar-refractivity contribution in [1.82, 2.24) is 15.4 Å². The van der Waals surface area contributed by atoms with Gasteiger partial charge in [-0.3, -0.25) is 0 Å². The quantitative estimate of drug-likeness (QED) is 0.375. The Balaban J connectivity index is -0.000000120. The van der Waals surface area contributed by atoms with Crippen molar-refractivity contribution in [3.05, 3.63) is 18.5 Å². The first-order valence-electron chi connectivity index (χ1n) is 1.50. The van der Waals surface area contributed by atoms with Gasteiger partial charge in [0.2, 0.25) is 0 Å². The van der Waals surface area contributed by atoms with Crippen LogP contribution in [0.1, 0.15) is 0 Å². The monoisotopic (exact) mass is 160 g/mol. The van der Waals surface area contributed by atoms with Crippen LogP contribution in [0.5, 0.6) is 0 Å². The Morgan fingerprint density at radius 2 is 1.89 bits per heavy atom. The number of hydrogen-bond acceptors (Lipinski definition) is 3. The Hall–Kier alpha value is -0.356. The summed E-state index contributed by atoms with van der Waals surface area (Å²) >= 11 is 0. The predicted octanol–water partition coefficient (Wildman–Crippen LogP) is -0.568. The number of hydrogen-bond donors (Lipinski definition) is 0. The third kappa shape index (κ3) is 7.64. The average Bonchev–Trinajstić information content (AvgIpc) is 1.72. The minimum absolute atomic E-state index is 0. The molecule has 0 spiro atoms. The van der Waals surface area contributed by atoms with Crippen LogP contribution in [-0.4, -0.2) is 15.4 Å². The van der Waals surface area contributed by atoms with Gasteiger partial charge in [-0.05, 0) is 0 Å². The summed E-state index contributed by atoms with van der Waals surface area (Å²) in [4.78, 5) is 0. The molecule has 0 bridgehead atoms. The maximum absolute atomic E-state index is 3.39. The Morgan fingerprint density at radius 1 is 1.22 bits per heavy atom. The smallest absolute Gasteiger partial charge is 2.00 e. The molecule has 0 aliphatic heterocycles. The third-order valence-corrected chi connectivity index (χ3v) is 0.370. The van der Waals surface area contributed by atoms with E-state index in [4.69, 9.17) is 0 Å². The van der Waals surface area contributed by atoms with Crippen molar-refractivity contribution >= 4 is 0 Å². The van der Waals surface area contributed by atoms with E-state index in [9.17, 15) is 0 Å². The van der Waals surface area contributed by atoms with Gasteiger partial charge in [-0.25, -0.2) is 10.2 Å². The molecule has 0 aliphatic rings. The number of rotatable bonds is 0. The van der Waals surface area contributed by atoms with Gasteiger partial charge >= 0.3 is 21.7 Å². The van der Waals surface area contributed by atoms with Crippen LogP contribution < -0.4 is 0 Å². The molecule has 0 amide bonds. The molecule has 9 heavy (non-hydrogen) atoms. The molecule has 0 saturated heterocycles. The van der Waals surface area contributed by atoms with Crippen LogP contribution in [0.25, 0.3) is 0 Å². The zero-order chi connectivity index (χ0) is 4.24. The first-order chi connectivity index (χ1) is 3.00. The molecule has 0 radical (unpaired) electrons. The topological polar surface area (TPSA) is 95.7 Å². The second kappa shape index (κ2) is 10.6. The number of aromatic nitrogens is 3. The van der Waals surface area contributed by atoms with Crippen molar-refractivity contribution in [3.63, 3.8) is 0 Å². The largest absolute Gasteiger partial charge is 4.00 e. The van der Waals surface area contributed by atoms with Gasteiger partial charge in [-0.1, -0.05) is 11.4 Å². The molecular weight excluding hydrogens is 158 g/mol. The molecule has 1 rings (SSSR count). The predicted molar refractivity (Wildman–Crippen MR) is 20.0 cm³/mol. The fourth-order valence-electron chi connectivity index (χ4n) is 0.181. The van der Waals surface area contributed by atoms with Gasteiger partial charge in [0.25, 0.3) is 0 Å². The molecule has 6 heteroatoms. The van der Waals surface area contributed by atoms with Crippen LogP contribution in [0.3, 0.4) is 0 Å². The van der Waals surface area contributed by atoms with Gasteiger partial charge in [0.15, 0.2) is 0 Å². The van der Waals surface area contributed by atoms with E-state index in [1.54, 1.807) is 6.07 Å². The summed E-state index contributed by atoms with van der Waals surface area (Å²) in [5, 5.41) is 9.92. The minimum Gasteiger partial charge on any atom is -2.00 e. The first-order valence-corrected chi connectivity index (χ1v) is 1.50. The van der Waals surface area contributed by atoms with Crippen molar-refractivity contribution in [2.75, 3.05) is 0 Å². The molecule has 0 unspecified atom stereocenters. The first kappa shape index (κ1) is 15.9. The average molecular weight is 160 g/mol. The maximum atomic E-state index is 3.39. The molecule has 0 saturated carbocycles. The SMILES string of the molecule is [O-2].[O-2].[Ti+4].[c-]1ccnnn1. The summed E-state index contributed by atoms with van der Waals surface area (Å²) in [6.07, 6.45) is 3.99. The van der Waals surface area contributed by atoms with Gasteiger partial charge in [0, 0.05) is 0 Å². The molecule has 46 valence electrons. The summed E-state index contributed by atoms with van der Waals surface area (Å²) in [6, 6.07) is 1.59. The number of nitrogens with zero attached hydrogens (tertiary/aromatic N) is 3. The zero-order valence-electron chi connectivity index (χ0n) is 4.31. The molecule has 5 nitrogen and oxygen atoms in total. The van der Waals surface area contributed by atoms with E-state index < -0.39 is 0 Å². The Labute approximate surface area is 67.0 Å². The standard InChI is InChI=1S/C3H2N3.2O.Ti/c1-2-4-6-5-3-1;;;/h1-2H;;;/q-1;2*-2;+4. The summed E-state index contributed by atoms with van der Waals surface area (Å²) in [5.41, 5.74) is 0. The molecule has 0 fully saturated rings. The van der Waals surface area contributed by atoms with Crippen LogP contribution in [0, 0.1) is 6.20 Å². The van der Waals surface area contributed by atoms with Gasteiger partial charge < -0.3 is 11.0 Å².